The van der Waals surface area contributed by atoms with Crippen LogP contribution in [0, 0.1) is 6.92 Å². The number of carboxylic acid groups (broad SMARTS) is 1. The van der Waals surface area contributed by atoms with Crippen molar-refractivity contribution in [3.8, 4) is 5.75 Å². The van der Waals surface area contributed by atoms with Crippen molar-refractivity contribution in [2.45, 2.75) is 26.9 Å². The number of ether oxygens (including phenoxy) is 1. The minimum atomic E-state index is -1.10. The molecule has 0 amide bonds. The van der Waals surface area contributed by atoms with Gasteiger partial charge in [0, 0.05) is 12.0 Å². The van der Waals surface area contributed by atoms with Crippen LogP contribution in [-0.4, -0.2) is 16.9 Å². The van der Waals surface area contributed by atoms with E-state index in [0.29, 0.717) is 23.5 Å². The van der Waals surface area contributed by atoms with Gasteiger partial charge in [-0.15, -0.1) is 0 Å². The van der Waals surface area contributed by atoms with Gasteiger partial charge >= 0.3 is 5.97 Å². The lowest BCUT2D eigenvalue weighted by Crippen LogP contribution is -1.98. The quantitative estimate of drug-likeness (QED) is 0.884. The molecular weight excluding hydrogens is 272 g/mol. The fourth-order valence-corrected chi connectivity index (χ4v) is 1.92. The number of carbonyl (C=O) groups is 2. The summed E-state index contributed by atoms with van der Waals surface area (Å²) >= 11 is 0. The van der Waals surface area contributed by atoms with Crippen molar-refractivity contribution in [3.05, 3.63) is 53.0 Å². The van der Waals surface area contributed by atoms with E-state index >= 15 is 0 Å². The number of hydrogen-bond donors (Lipinski definition) is 1. The van der Waals surface area contributed by atoms with Crippen LogP contribution in [0.3, 0.4) is 0 Å². The molecule has 5 heteroatoms. The molecule has 0 aliphatic heterocycles. The summed E-state index contributed by atoms with van der Waals surface area (Å²) in [6.07, 6.45) is 0.406. The minimum absolute atomic E-state index is 0.0945. The highest BCUT2D eigenvalue weighted by Gasteiger charge is 2.13. The molecule has 21 heavy (non-hydrogen) atoms. The standard InChI is InChI=1S/C16H16O5/c1-10(17)7-12-3-5-14(6-4-12)20-9-13-8-15(16(18)19)21-11(13)2/h3-6,8H,7,9H2,1-2H3,(H,18,19). The van der Waals surface area contributed by atoms with E-state index in [4.69, 9.17) is 14.3 Å². The Morgan fingerprint density at radius 1 is 1.24 bits per heavy atom. The van der Waals surface area contributed by atoms with Crippen molar-refractivity contribution >= 4 is 11.8 Å². The van der Waals surface area contributed by atoms with Crippen LogP contribution in [0.5, 0.6) is 5.75 Å². The Balaban J connectivity index is 1.99. The summed E-state index contributed by atoms with van der Waals surface area (Å²) in [7, 11) is 0. The highest BCUT2D eigenvalue weighted by Crippen LogP contribution is 2.19. The van der Waals surface area contributed by atoms with Crippen molar-refractivity contribution in [1.82, 2.24) is 0 Å². The molecule has 0 fully saturated rings. The van der Waals surface area contributed by atoms with Gasteiger partial charge in [-0.2, -0.15) is 0 Å². The monoisotopic (exact) mass is 288 g/mol. The zero-order chi connectivity index (χ0) is 15.4. The fourth-order valence-electron chi connectivity index (χ4n) is 1.92. The SMILES string of the molecule is CC(=O)Cc1ccc(OCc2cc(C(=O)O)oc2C)cc1. The van der Waals surface area contributed by atoms with Gasteiger partial charge in [-0.1, -0.05) is 12.1 Å². The largest absolute Gasteiger partial charge is 0.489 e. The van der Waals surface area contributed by atoms with Gasteiger partial charge in [0.25, 0.3) is 0 Å². The van der Waals surface area contributed by atoms with Gasteiger partial charge in [-0.3, -0.25) is 4.79 Å². The van der Waals surface area contributed by atoms with Crippen molar-refractivity contribution < 1.29 is 23.8 Å². The first-order chi connectivity index (χ1) is 9.95. The van der Waals surface area contributed by atoms with Crippen LogP contribution in [-0.2, 0) is 17.8 Å². The summed E-state index contributed by atoms with van der Waals surface area (Å²) in [6.45, 7) is 3.47. The number of carbonyl (C=O) groups excluding carboxylic acids is 1. The number of aromatic carboxylic acids is 1. The number of rotatable bonds is 6. The smallest absolute Gasteiger partial charge is 0.371 e. The van der Waals surface area contributed by atoms with E-state index in [2.05, 4.69) is 0 Å². The van der Waals surface area contributed by atoms with Crippen molar-refractivity contribution in [3.63, 3.8) is 0 Å². The lowest BCUT2D eigenvalue weighted by molar-refractivity contribution is -0.116. The van der Waals surface area contributed by atoms with E-state index in [0.717, 1.165) is 5.56 Å². The van der Waals surface area contributed by atoms with Gasteiger partial charge in [0.15, 0.2) is 0 Å². The minimum Gasteiger partial charge on any atom is -0.489 e. The molecule has 0 aliphatic rings. The molecule has 1 heterocycles. The molecule has 1 aromatic heterocycles. The first-order valence-corrected chi connectivity index (χ1v) is 6.49. The number of carboxylic acids is 1. The Bertz CT molecular complexity index is 652. The average Bonchev–Trinajstić information content (AvgIpc) is 2.79. The van der Waals surface area contributed by atoms with E-state index in [1.807, 2.05) is 12.1 Å². The number of Topliss-reactive ketones (excluding diaryl/α,β-unsaturated/α-hetero) is 1. The zero-order valence-corrected chi connectivity index (χ0v) is 11.9. The van der Waals surface area contributed by atoms with Crippen LogP contribution in [0.25, 0.3) is 0 Å². The second-order valence-electron chi connectivity index (χ2n) is 4.81. The van der Waals surface area contributed by atoms with E-state index in [-0.39, 0.29) is 18.2 Å². The summed E-state index contributed by atoms with van der Waals surface area (Å²) in [5.74, 6) is 0.0973. The third kappa shape index (κ3) is 3.95. The normalized spacial score (nSPS) is 10.4. The van der Waals surface area contributed by atoms with Crippen molar-refractivity contribution in [1.29, 1.82) is 0 Å². The summed E-state index contributed by atoms with van der Waals surface area (Å²) in [4.78, 5) is 21.8. The van der Waals surface area contributed by atoms with Crippen LogP contribution in [0.2, 0.25) is 0 Å². The lowest BCUT2D eigenvalue weighted by Gasteiger charge is -2.06. The zero-order valence-electron chi connectivity index (χ0n) is 11.9. The molecule has 0 aliphatic carbocycles. The average molecular weight is 288 g/mol. The third-order valence-electron chi connectivity index (χ3n) is 3.00. The van der Waals surface area contributed by atoms with Gasteiger partial charge in [0.2, 0.25) is 5.76 Å². The van der Waals surface area contributed by atoms with Gasteiger partial charge in [0.05, 0.1) is 0 Å². The Morgan fingerprint density at radius 3 is 2.43 bits per heavy atom. The summed E-state index contributed by atoms with van der Waals surface area (Å²) in [5.41, 5.74) is 1.63. The maximum absolute atomic E-state index is 11.0. The molecule has 1 aromatic carbocycles. The van der Waals surface area contributed by atoms with E-state index in [1.165, 1.54) is 6.07 Å². The summed E-state index contributed by atoms with van der Waals surface area (Å²) in [6, 6.07) is 8.70. The molecule has 5 nitrogen and oxygen atoms in total. The molecule has 0 saturated heterocycles. The second kappa shape index (κ2) is 6.26. The van der Waals surface area contributed by atoms with Crippen molar-refractivity contribution in [2.75, 3.05) is 0 Å². The van der Waals surface area contributed by atoms with Crippen LogP contribution in [0.15, 0.2) is 34.7 Å². The van der Waals surface area contributed by atoms with Gasteiger partial charge < -0.3 is 14.3 Å². The summed E-state index contributed by atoms with van der Waals surface area (Å²) < 4.78 is 10.7. The van der Waals surface area contributed by atoms with E-state index < -0.39 is 5.97 Å². The highest BCUT2D eigenvalue weighted by atomic mass is 16.5. The topological polar surface area (TPSA) is 76.7 Å². The fraction of sp³-hybridized carbons (Fsp3) is 0.250. The lowest BCUT2D eigenvalue weighted by atomic mass is 10.1. The van der Waals surface area contributed by atoms with Crippen LogP contribution < -0.4 is 4.74 Å². The maximum atomic E-state index is 11.0. The molecule has 0 spiro atoms. The second-order valence-corrected chi connectivity index (χ2v) is 4.81. The molecule has 0 saturated carbocycles. The Labute approximate surface area is 122 Å². The van der Waals surface area contributed by atoms with Crippen LogP contribution in [0.1, 0.15) is 34.4 Å². The Hall–Kier alpha value is -2.56. The molecule has 110 valence electrons. The predicted octanol–water partition coefficient (Wildman–Crippen LogP) is 3.00. The summed E-state index contributed by atoms with van der Waals surface area (Å²) in [5, 5.41) is 8.85. The van der Waals surface area contributed by atoms with Crippen LogP contribution in [0.4, 0.5) is 0 Å². The van der Waals surface area contributed by atoms with E-state index in [1.54, 1.807) is 26.0 Å². The molecule has 0 bridgehead atoms. The Morgan fingerprint density at radius 2 is 1.90 bits per heavy atom. The van der Waals surface area contributed by atoms with Gasteiger partial charge in [0.1, 0.15) is 23.9 Å². The van der Waals surface area contributed by atoms with Gasteiger partial charge in [-0.25, -0.2) is 4.79 Å². The van der Waals surface area contributed by atoms with E-state index in [9.17, 15) is 9.59 Å². The number of furan rings is 1. The molecule has 0 atom stereocenters. The van der Waals surface area contributed by atoms with Crippen molar-refractivity contribution in [2.24, 2.45) is 0 Å². The number of benzene rings is 1. The molecule has 2 rings (SSSR count). The van der Waals surface area contributed by atoms with Crippen LogP contribution >= 0.6 is 0 Å². The maximum Gasteiger partial charge on any atom is 0.371 e. The number of aryl methyl sites for hydroxylation is 1. The predicted molar refractivity (Wildman–Crippen MR) is 75.6 cm³/mol. The molecule has 0 radical (unpaired) electrons. The third-order valence-corrected chi connectivity index (χ3v) is 3.00. The molecule has 2 aromatic rings. The first kappa shape index (κ1) is 14.8. The molecular formula is C16H16O5. The number of hydrogen-bond acceptors (Lipinski definition) is 4. The molecule has 1 N–H and O–H groups in total. The van der Waals surface area contributed by atoms with Gasteiger partial charge in [-0.05, 0) is 37.6 Å². The highest BCUT2D eigenvalue weighted by molar-refractivity contribution is 5.84. The first-order valence-electron chi connectivity index (χ1n) is 6.49. The Kier molecular flexibility index (Phi) is 4.42. The number of ketones is 1. The molecule has 0 unspecified atom stereocenters.